The van der Waals surface area contributed by atoms with E-state index in [0.29, 0.717) is 19.6 Å². The fraction of sp³-hybridized carbons (Fsp3) is 0.458. The maximum absolute atomic E-state index is 12.4. The third kappa shape index (κ3) is 7.28. The van der Waals surface area contributed by atoms with Crippen molar-refractivity contribution in [1.82, 2.24) is 5.32 Å². The fourth-order valence-electron chi connectivity index (χ4n) is 3.44. The van der Waals surface area contributed by atoms with Gasteiger partial charge in [-0.1, -0.05) is 31.2 Å². The predicted octanol–water partition coefficient (Wildman–Crippen LogP) is 3.92. The van der Waals surface area contributed by atoms with Gasteiger partial charge < -0.3 is 10.1 Å². The molecule has 0 saturated heterocycles. The van der Waals surface area contributed by atoms with E-state index < -0.39 is 10.0 Å². The Morgan fingerprint density at radius 2 is 1.81 bits per heavy atom. The standard InChI is InChI=1S/C24H34N2O4S/c1-6-21-10-7-9-19(3)24(21)26(31(5,28)29)15-8-11-23(27)25-14-16-30-22-13-12-18(2)20(4)17-22/h7,9-10,12-13,17H,6,8,11,14-16H2,1-5H3,(H,25,27). The first kappa shape index (κ1) is 24.7. The molecule has 1 amide bonds. The van der Waals surface area contributed by atoms with Crippen molar-refractivity contribution in [1.29, 1.82) is 0 Å². The molecule has 170 valence electrons. The van der Waals surface area contributed by atoms with Crippen molar-refractivity contribution in [2.45, 2.75) is 47.0 Å². The number of hydrogen-bond donors (Lipinski definition) is 1. The summed E-state index contributed by atoms with van der Waals surface area (Å²) in [6, 6.07) is 11.7. The lowest BCUT2D eigenvalue weighted by molar-refractivity contribution is -0.121. The molecular formula is C24H34N2O4S. The Morgan fingerprint density at radius 1 is 1.06 bits per heavy atom. The fourth-order valence-corrected chi connectivity index (χ4v) is 4.49. The highest BCUT2D eigenvalue weighted by atomic mass is 32.2. The molecule has 31 heavy (non-hydrogen) atoms. The molecule has 0 unspecified atom stereocenters. The van der Waals surface area contributed by atoms with Crippen molar-refractivity contribution in [2.24, 2.45) is 0 Å². The molecule has 0 aliphatic rings. The summed E-state index contributed by atoms with van der Waals surface area (Å²) in [4.78, 5) is 12.2. The van der Waals surface area contributed by atoms with Crippen LogP contribution in [0.25, 0.3) is 0 Å². The summed E-state index contributed by atoms with van der Waals surface area (Å²) < 4.78 is 32.0. The van der Waals surface area contributed by atoms with Crippen LogP contribution in [0.3, 0.4) is 0 Å². The van der Waals surface area contributed by atoms with Gasteiger partial charge in [-0.05, 0) is 68.0 Å². The average Bonchev–Trinajstić information content (AvgIpc) is 2.70. The Balaban J connectivity index is 1.84. The molecule has 0 saturated carbocycles. The van der Waals surface area contributed by atoms with Crippen LogP contribution in [0.5, 0.6) is 5.75 Å². The molecule has 0 spiro atoms. The second-order valence-electron chi connectivity index (χ2n) is 7.82. The van der Waals surface area contributed by atoms with Gasteiger partial charge in [0.15, 0.2) is 0 Å². The van der Waals surface area contributed by atoms with Crippen LogP contribution in [0.2, 0.25) is 0 Å². The monoisotopic (exact) mass is 446 g/mol. The van der Waals surface area contributed by atoms with E-state index in [2.05, 4.69) is 5.32 Å². The van der Waals surface area contributed by atoms with Crippen molar-refractivity contribution < 1.29 is 17.9 Å². The molecule has 6 nitrogen and oxygen atoms in total. The van der Waals surface area contributed by atoms with Gasteiger partial charge in [-0.3, -0.25) is 9.10 Å². The molecule has 0 bridgehead atoms. The molecule has 0 radical (unpaired) electrons. The number of para-hydroxylation sites is 1. The number of rotatable bonds is 11. The minimum absolute atomic E-state index is 0.113. The summed E-state index contributed by atoms with van der Waals surface area (Å²) in [6.07, 6.45) is 2.64. The molecule has 0 heterocycles. The minimum atomic E-state index is -3.45. The summed E-state index contributed by atoms with van der Waals surface area (Å²) in [5.41, 5.74) is 5.00. The van der Waals surface area contributed by atoms with Gasteiger partial charge in [-0.15, -0.1) is 0 Å². The normalized spacial score (nSPS) is 11.3. The molecule has 0 fully saturated rings. The minimum Gasteiger partial charge on any atom is -0.492 e. The predicted molar refractivity (Wildman–Crippen MR) is 126 cm³/mol. The van der Waals surface area contributed by atoms with E-state index in [0.717, 1.165) is 34.5 Å². The van der Waals surface area contributed by atoms with E-state index in [9.17, 15) is 13.2 Å². The van der Waals surface area contributed by atoms with Gasteiger partial charge in [0.25, 0.3) is 0 Å². The highest BCUT2D eigenvalue weighted by molar-refractivity contribution is 7.92. The Labute approximate surface area is 186 Å². The number of sulfonamides is 1. The highest BCUT2D eigenvalue weighted by Crippen LogP contribution is 2.28. The second kappa shape index (κ2) is 11.2. The van der Waals surface area contributed by atoms with Crippen molar-refractivity contribution in [3.8, 4) is 5.75 Å². The van der Waals surface area contributed by atoms with Crippen LogP contribution in [0.1, 0.15) is 42.0 Å². The molecule has 0 atom stereocenters. The van der Waals surface area contributed by atoms with Crippen LogP contribution in [0, 0.1) is 20.8 Å². The van der Waals surface area contributed by atoms with Crippen molar-refractivity contribution >= 4 is 21.6 Å². The lowest BCUT2D eigenvalue weighted by Gasteiger charge is -2.26. The average molecular weight is 447 g/mol. The number of nitrogens with one attached hydrogen (secondary N) is 1. The zero-order valence-corrected chi connectivity index (χ0v) is 20.0. The number of benzene rings is 2. The summed E-state index contributed by atoms with van der Waals surface area (Å²) in [6.45, 7) is 9.05. The summed E-state index contributed by atoms with van der Waals surface area (Å²) in [7, 11) is -3.45. The first-order chi connectivity index (χ1) is 14.6. The van der Waals surface area contributed by atoms with E-state index >= 15 is 0 Å². The van der Waals surface area contributed by atoms with Gasteiger partial charge in [0, 0.05) is 13.0 Å². The van der Waals surface area contributed by atoms with Crippen LogP contribution in [-0.4, -0.2) is 40.3 Å². The molecule has 0 aromatic heterocycles. The maximum atomic E-state index is 12.4. The van der Waals surface area contributed by atoms with Crippen LogP contribution in [-0.2, 0) is 21.2 Å². The Hall–Kier alpha value is -2.54. The Bertz CT molecular complexity index is 1000. The number of anilines is 1. The zero-order chi connectivity index (χ0) is 23.0. The third-order valence-electron chi connectivity index (χ3n) is 5.29. The van der Waals surface area contributed by atoms with Crippen LogP contribution in [0.4, 0.5) is 5.69 Å². The molecule has 7 heteroatoms. The first-order valence-corrected chi connectivity index (χ1v) is 12.5. The SMILES string of the molecule is CCc1cccc(C)c1N(CCCC(=O)NCCOc1ccc(C)c(C)c1)S(C)(=O)=O. The molecule has 2 aromatic rings. The number of carbonyl (C=O) groups excluding carboxylic acids is 1. The summed E-state index contributed by atoms with van der Waals surface area (Å²) in [5, 5.41) is 2.83. The Morgan fingerprint density at radius 3 is 2.45 bits per heavy atom. The third-order valence-corrected chi connectivity index (χ3v) is 6.45. The Kier molecular flexibility index (Phi) is 8.92. The number of hydrogen-bond acceptors (Lipinski definition) is 4. The number of aryl methyl sites for hydroxylation is 4. The summed E-state index contributed by atoms with van der Waals surface area (Å²) in [5.74, 6) is 0.670. The van der Waals surface area contributed by atoms with Gasteiger partial charge in [-0.25, -0.2) is 8.42 Å². The molecular weight excluding hydrogens is 412 g/mol. The first-order valence-electron chi connectivity index (χ1n) is 10.7. The van der Waals surface area contributed by atoms with Crippen LogP contribution in [0.15, 0.2) is 36.4 Å². The topological polar surface area (TPSA) is 75.7 Å². The van der Waals surface area contributed by atoms with Gasteiger partial charge in [0.1, 0.15) is 12.4 Å². The van der Waals surface area contributed by atoms with E-state index in [1.54, 1.807) is 0 Å². The van der Waals surface area contributed by atoms with Crippen molar-refractivity contribution in [3.05, 3.63) is 58.7 Å². The molecule has 1 N–H and O–H groups in total. The quantitative estimate of drug-likeness (QED) is 0.531. The number of amides is 1. The molecule has 0 aliphatic carbocycles. The lowest BCUT2D eigenvalue weighted by Crippen LogP contribution is -2.34. The lowest BCUT2D eigenvalue weighted by atomic mass is 10.1. The van der Waals surface area contributed by atoms with E-state index in [1.807, 2.05) is 64.1 Å². The van der Waals surface area contributed by atoms with Gasteiger partial charge in [0.2, 0.25) is 15.9 Å². The van der Waals surface area contributed by atoms with E-state index in [1.165, 1.54) is 16.1 Å². The molecule has 2 rings (SSSR count). The number of nitrogens with zero attached hydrogens (tertiary/aromatic N) is 1. The van der Waals surface area contributed by atoms with Crippen molar-refractivity contribution in [2.75, 3.05) is 30.3 Å². The van der Waals surface area contributed by atoms with Crippen molar-refractivity contribution in [3.63, 3.8) is 0 Å². The smallest absolute Gasteiger partial charge is 0.232 e. The van der Waals surface area contributed by atoms with Crippen LogP contribution < -0.4 is 14.4 Å². The highest BCUT2D eigenvalue weighted by Gasteiger charge is 2.21. The van der Waals surface area contributed by atoms with Gasteiger partial charge in [0.05, 0.1) is 18.5 Å². The molecule has 0 aliphatic heterocycles. The molecule has 2 aromatic carbocycles. The van der Waals surface area contributed by atoms with Crippen LogP contribution >= 0.6 is 0 Å². The largest absolute Gasteiger partial charge is 0.492 e. The van der Waals surface area contributed by atoms with E-state index in [-0.39, 0.29) is 18.9 Å². The zero-order valence-electron chi connectivity index (χ0n) is 19.2. The van der Waals surface area contributed by atoms with E-state index in [4.69, 9.17) is 4.74 Å². The van der Waals surface area contributed by atoms with Gasteiger partial charge >= 0.3 is 0 Å². The summed E-state index contributed by atoms with van der Waals surface area (Å²) >= 11 is 0. The maximum Gasteiger partial charge on any atom is 0.232 e. The van der Waals surface area contributed by atoms with Gasteiger partial charge in [-0.2, -0.15) is 0 Å². The number of ether oxygens (including phenoxy) is 1. The number of carbonyl (C=O) groups is 1. The second-order valence-corrected chi connectivity index (χ2v) is 9.73.